The van der Waals surface area contributed by atoms with E-state index in [0.717, 1.165) is 5.56 Å². The van der Waals surface area contributed by atoms with Gasteiger partial charge in [0.2, 0.25) is 0 Å². The Morgan fingerprint density at radius 2 is 1.77 bits per heavy atom. The van der Waals surface area contributed by atoms with Gasteiger partial charge in [-0.1, -0.05) is 6.07 Å². The van der Waals surface area contributed by atoms with E-state index in [1.54, 1.807) is 12.0 Å². The van der Waals surface area contributed by atoms with Gasteiger partial charge in [0.25, 0.3) is 0 Å². The van der Waals surface area contributed by atoms with E-state index in [1.165, 1.54) is 0 Å². The number of ether oxygens (including phenoxy) is 3. The Kier molecular flexibility index (Phi) is 7.33. The van der Waals surface area contributed by atoms with E-state index in [0.29, 0.717) is 43.9 Å². The Labute approximate surface area is 183 Å². The molecule has 0 aromatic heterocycles. The number of likely N-dealkylation sites (tertiary alicyclic amines) is 1. The van der Waals surface area contributed by atoms with Crippen molar-refractivity contribution in [3.8, 4) is 11.5 Å². The van der Waals surface area contributed by atoms with Gasteiger partial charge in [0.1, 0.15) is 11.7 Å². The van der Waals surface area contributed by atoms with Crippen LogP contribution in [0.25, 0.3) is 0 Å². The number of amides is 1. The van der Waals surface area contributed by atoms with Crippen molar-refractivity contribution in [1.82, 2.24) is 4.90 Å². The second kappa shape index (κ2) is 9.62. The van der Waals surface area contributed by atoms with Gasteiger partial charge in [-0.2, -0.15) is 8.42 Å². The molecule has 3 rings (SSSR count). The first-order valence-corrected chi connectivity index (χ1v) is 11.7. The van der Waals surface area contributed by atoms with Gasteiger partial charge in [-0.25, -0.2) is 13.2 Å². The Hall–Kier alpha value is -2.04. The molecule has 1 aromatic rings. The van der Waals surface area contributed by atoms with Crippen LogP contribution in [0.3, 0.4) is 0 Å². The van der Waals surface area contributed by atoms with Crippen LogP contribution in [0.5, 0.6) is 11.5 Å². The molecule has 9 nitrogen and oxygen atoms in total. The van der Waals surface area contributed by atoms with Gasteiger partial charge in [0.05, 0.1) is 20.3 Å². The van der Waals surface area contributed by atoms with Crippen molar-refractivity contribution in [2.45, 2.75) is 51.7 Å². The summed E-state index contributed by atoms with van der Waals surface area (Å²) >= 11 is 0. The van der Waals surface area contributed by atoms with E-state index in [1.807, 2.05) is 39.0 Å². The Morgan fingerprint density at radius 3 is 2.35 bits per heavy atom. The minimum absolute atomic E-state index is 0.0243. The Bertz CT molecular complexity index is 858. The van der Waals surface area contributed by atoms with Gasteiger partial charge >= 0.3 is 16.5 Å². The molecule has 0 spiro atoms. The third-order valence-electron chi connectivity index (χ3n) is 5.04. The lowest BCUT2D eigenvalue weighted by Crippen LogP contribution is -2.44. The highest BCUT2D eigenvalue weighted by atomic mass is 32.3. The third-order valence-corrected chi connectivity index (χ3v) is 5.89. The lowest BCUT2D eigenvalue weighted by molar-refractivity contribution is 0.0124. The fourth-order valence-corrected chi connectivity index (χ4v) is 4.28. The standard InChI is InChI=1S/C21H31NO8S/c1-21(2,3)30-20(23)22-9-7-17(8-10-22)29-18-6-5-15(12-19(18)26-4)11-16-13-27-31(24,25)28-14-16/h5-6,12,16-17H,7-11,13-14H2,1-4H3. The molecule has 0 bridgehead atoms. The number of piperidine rings is 1. The zero-order valence-corrected chi connectivity index (χ0v) is 19.3. The molecule has 0 aliphatic carbocycles. The number of rotatable bonds is 5. The van der Waals surface area contributed by atoms with Crippen LogP contribution in [0.2, 0.25) is 0 Å². The van der Waals surface area contributed by atoms with E-state index in [9.17, 15) is 13.2 Å². The molecule has 0 atom stereocenters. The lowest BCUT2D eigenvalue weighted by atomic mass is 10.0. The first-order valence-electron chi connectivity index (χ1n) is 10.4. The van der Waals surface area contributed by atoms with Crippen molar-refractivity contribution >= 4 is 16.5 Å². The molecular formula is C21H31NO8S. The first kappa shape index (κ1) is 23.6. The number of nitrogens with zero attached hydrogens (tertiary/aromatic N) is 1. The number of hydrogen-bond donors (Lipinski definition) is 0. The minimum Gasteiger partial charge on any atom is -0.493 e. The van der Waals surface area contributed by atoms with E-state index < -0.39 is 16.0 Å². The first-order chi connectivity index (χ1) is 14.5. The topological polar surface area (TPSA) is 101 Å². The zero-order valence-electron chi connectivity index (χ0n) is 18.5. The molecule has 1 amide bonds. The summed E-state index contributed by atoms with van der Waals surface area (Å²) in [6, 6.07) is 5.67. The molecule has 31 heavy (non-hydrogen) atoms. The molecule has 10 heteroatoms. The SMILES string of the molecule is COc1cc(CC2COS(=O)(=O)OC2)ccc1OC1CCN(C(=O)OC(C)(C)C)CC1. The largest absolute Gasteiger partial charge is 0.493 e. The van der Waals surface area contributed by atoms with Crippen molar-refractivity contribution < 1.29 is 35.8 Å². The van der Waals surface area contributed by atoms with Crippen LogP contribution in [0, 0.1) is 5.92 Å². The molecule has 2 heterocycles. The Morgan fingerprint density at radius 1 is 1.13 bits per heavy atom. The highest BCUT2D eigenvalue weighted by Crippen LogP contribution is 2.32. The second-order valence-electron chi connectivity index (χ2n) is 8.82. The second-order valence-corrected chi connectivity index (χ2v) is 10.1. The van der Waals surface area contributed by atoms with Gasteiger partial charge < -0.3 is 19.1 Å². The minimum atomic E-state index is -3.84. The normalized spacial score (nSPS) is 20.3. The molecule has 0 saturated carbocycles. The number of benzene rings is 1. The van der Waals surface area contributed by atoms with Crippen LogP contribution >= 0.6 is 0 Å². The molecule has 2 aliphatic rings. The van der Waals surface area contributed by atoms with Gasteiger partial charge in [-0.15, -0.1) is 0 Å². The van der Waals surface area contributed by atoms with E-state index in [-0.39, 0.29) is 31.3 Å². The highest BCUT2D eigenvalue weighted by molar-refractivity contribution is 7.81. The predicted molar refractivity (Wildman–Crippen MR) is 112 cm³/mol. The summed E-state index contributed by atoms with van der Waals surface area (Å²) in [4.78, 5) is 13.9. The summed E-state index contributed by atoms with van der Waals surface area (Å²) in [5.41, 5.74) is 0.462. The van der Waals surface area contributed by atoms with Gasteiger partial charge in [0.15, 0.2) is 11.5 Å². The third kappa shape index (κ3) is 6.98. The Balaban J connectivity index is 1.53. The van der Waals surface area contributed by atoms with Crippen molar-refractivity contribution in [3.63, 3.8) is 0 Å². The molecule has 0 unspecified atom stereocenters. The highest BCUT2D eigenvalue weighted by Gasteiger charge is 2.29. The molecule has 0 N–H and O–H groups in total. The smallest absolute Gasteiger partial charge is 0.410 e. The number of carbonyl (C=O) groups is 1. The summed E-state index contributed by atoms with van der Waals surface area (Å²) in [5.74, 6) is 1.19. The summed E-state index contributed by atoms with van der Waals surface area (Å²) in [6.45, 7) is 6.90. The van der Waals surface area contributed by atoms with Crippen molar-refractivity contribution in [3.05, 3.63) is 23.8 Å². The van der Waals surface area contributed by atoms with E-state index in [2.05, 4.69) is 0 Å². The average Bonchev–Trinajstić information content (AvgIpc) is 2.70. The zero-order chi connectivity index (χ0) is 22.6. The fraction of sp³-hybridized carbons (Fsp3) is 0.667. The van der Waals surface area contributed by atoms with Gasteiger partial charge in [-0.3, -0.25) is 0 Å². The quantitative estimate of drug-likeness (QED) is 0.665. The van der Waals surface area contributed by atoms with Gasteiger partial charge in [-0.05, 0) is 44.9 Å². The van der Waals surface area contributed by atoms with Crippen LogP contribution in [-0.4, -0.2) is 64.5 Å². The molecule has 2 fully saturated rings. The molecule has 0 radical (unpaired) electrons. The van der Waals surface area contributed by atoms with Crippen molar-refractivity contribution in [1.29, 1.82) is 0 Å². The summed E-state index contributed by atoms with van der Waals surface area (Å²) in [6.07, 6.45) is 1.69. The number of carbonyl (C=O) groups excluding carboxylic acids is 1. The molecule has 174 valence electrons. The van der Waals surface area contributed by atoms with Crippen molar-refractivity contribution in [2.75, 3.05) is 33.4 Å². The van der Waals surface area contributed by atoms with Crippen molar-refractivity contribution in [2.24, 2.45) is 5.92 Å². The maximum Gasteiger partial charge on any atom is 0.410 e. The van der Waals surface area contributed by atoms with Crippen LogP contribution in [0.15, 0.2) is 18.2 Å². The average molecular weight is 458 g/mol. The van der Waals surface area contributed by atoms with Crippen LogP contribution in [0.4, 0.5) is 4.79 Å². The number of methoxy groups -OCH3 is 1. The van der Waals surface area contributed by atoms with Crippen LogP contribution < -0.4 is 9.47 Å². The maximum absolute atomic E-state index is 12.2. The molecular weight excluding hydrogens is 426 g/mol. The fourth-order valence-electron chi connectivity index (χ4n) is 3.49. The lowest BCUT2D eigenvalue weighted by Gasteiger charge is -2.33. The predicted octanol–water partition coefficient (Wildman–Crippen LogP) is 2.92. The summed E-state index contributed by atoms with van der Waals surface area (Å²) < 4.78 is 48.9. The summed E-state index contributed by atoms with van der Waals surface area (Å²) in [5, 5.41) is 0. The molecule has 1 aromatic carbocycles. The monoisotopic (exact) mass is 457 g/mol. The van der Waals surface area contributed by atoms with Gasteiger partial charge in [0, 0.05) is 31.8 Å². The molecule has 2 saturated heterocycles. The number of hydrogen-bond acceptors (Lipinski definition) is 8. The van der Waals surface area contributed by atoms with E-state index in [4.69, 9.17) is 22.6 Å². The summed E-state index contributed by atoms with van der Waals surface area (Å²) in [7, 11) is -2.26. The van der Waals surface area contributed by atoms with Crippen LogP contribution in [-0.2, 0) is 29.9 Å². The van der Waals surface area contributed by atoms with E-state index >= 15 is 0 Å². The maximum atomic E-state index is 12.2. The molecule has 2 aliphatic heterocycles. The van der Waals surface area contributed by atoms with Crippen LogP contribution in [0.1, 0.15) is 39.2 Å².